The minimum atomic E-state index is -0.0635. The SMILES string of the molecule is CC1(C)CCCN(Cc2sccc2C#CCO)C1. The first-order valence-corrected chi connectivity index (χ1v) is 7.37. The van der Waals surface area contributed by atoms with Gasteiger partial charge in [-0.15, -0.1) is 11.3 Å². The minimum absolute atomic E-state index is 0.0635. The number of nitrogens with zero attached hydrogens (tertiary/aromatic N) is 1. The van der Waals surface area contributed by atoms with Crippen LogP contribution in [-0.4, -0.2) is 29.7 Å². The van der Waals surface area contributed by atoms with Crippen LogP contribution in [0.25, 0.3) is 0 Å². The van der Waals surface area contributed by atoms with Crippen molar-refractivity contribution in [2.75, 3.05) is 19.7 Å². The van der Waals surface area contributed by atoms with Crippen LogP contribution in [0.5, 0.6) is 0 Å². The van der Waals surface area contributed by atoms with Crippen LogP contribution in [0.2, 0.25) is 0 Å². The third-order valence-corrected chi connectivity index (χ3v) is 4.30. The maximum absolute atomic E-state index is 8.77. The van der Waals surface area contributed by atoms with E-state index in [0.717, 1.165) is 18.7 Å². The first kappa shape index (κ1) is 13.6. The molecule has 1 N–H and O–H groups in total. The van der Waals surface area contributed by atoms with Crippen LogP contribution in [0, 0.1) is 17.3 Å². The number of rotatable bonds is 2. The van der Waals surface area contributed by atoms with E-state index in [1.54, 1.807) is 11.3 Å². The van der Waals surface area contributed by atoms with Crippen LogP contribution >= 0.6 is 11.3 Å². The van der Waals surface area contributed by atoms with Gasteiger partial charge in [-0.3, -0.25) is 4.90 Å². The second-order valence-corrected chi connectivity index (χ2v) is 6.70. The summed E-state index contributed by atoms with van der Waals surface area (Å²) in [5.41, 5.74) is 1.52. The summed E-state index contributed by atoms with van der Waals surface area (Å²) in [6, 6.07) is 2.05. The fourth-order valence-electron chi connectivity index (χ4n) is 2.59. The second-order valence-electron chi connectivity index (χ2n) is 5.70. The molecule has 2 heterocycles. The van der Waals surface area contributed by atoms with Crippen molar-refractivity contribution in [1.29, 1.82) is 0 Å². The van der Waals surface area contributed by atoms with E-state index in [1.165, 1.54) is 24.3 Å². The molecule has 1 aliphatic rings. The lowest BCUT2D eigenvalue weighted by Crippen LogP contribution is -2.39. The van der Waals surface area contributed by atoms with E-state index >= 15 is 0 Å². The lowest BCUT2D eigenvalue weighted by molar-refractivity contribution is 0.112. The van der Waals surface area contributed by atoms with E-state index in [0.29, 0.717) is 5.41 Å². The fourth-order valence-corrected chi connectivity index (χ4v) is 3.46. The van der Waals surface area contributed by atoms with Crippen molar-refractivity contribution in [2.24, 2.45) is 5.41 Å². The van der Waals surface area contributed by atoms with Gasteiger partial charge in [0.2, 0.25) is 0 Å². The molecule has 1 saturated heterocycles. The van der Waals surface area contributed by atoms with Gasteiger partial charge in [-0.05, 0) is 36.2 Å². The number of thiophene rings is 1. The third kappa shape index (κ3) is 3.58. The number of piperidine rings is 1. The smallest absolute Gasteiger partial charge is 0.104 e. The van der Waals surface area contributed by atoms with Gasteiger partial charge in [0.1, 0.15) is 6.61 Å². The molecule has 2 nitrogen and oxygen atoms in total. The molecule has 0 spiro atoms. The van der Waals surface area contributed by atoms with Gasteiger partial charge >= 0.3 is 0 Å². The van der Waals surface area contributed by atoms with Crippen molar-refractivity contribution in [3.05, 3.63) is 21.9 Å². The Morgan fingerprint density at radius 2 is 2.33 bits per heavy atom. The van der Waals surface area contributed by atoms with Gasteiger partial charge in [0.05, 0.1) is 0 Å². The highest BCUT2D eigenvalue weighted by Gasteiger charge is 2.26. The average molecular weight is 263 g/mol. The van der Waals surface area contributed by atoms with Gasteiger partial charge in [-0.2, -0.15) is 0 Å². The number of likely N-dealkylation sites (tertiary alicyclic amines) is 1. The summed E-state index contributed by atoms with van der Waals surface area (Å²) < 4.78 is 0. The van der Waals surface area contributed by atoms with Crippen LogP contribution in [0.3, 0.4) is 0 Å². The molecule has 18 heavy (non-hydrogen) atoms. The van der Waals surface area contributed by atoms with Gasteiger partial charge < -0.3 is 5.11 Å². The molecule has 1 fully saturated rings. The molecule has 0 radical (unpaired) electrons. The summed E-state index contributed by atoms with van der Waals surface area (Å²) in [5.74, 6) is 5.78. The predicted molar refractivity (Wildman–Crippen MR) is 76.6 cm³/mol. The quantitative estimate of drug-likeness (QED) is 0.829. The van der Waals surface area contributed by atoms with E-state index in [2.05, 4.69) is 42.0 Å². The molecule has 0 aromatic carbocycles. The molecule has 98 valence electrons. The van der Waals surface area contributed by atoms with Crippen molar-refractivity contribution < 1.29 is 5.11 Å². The van der Waals surface area contributed by atoms with Crippen molar-refractivity contribution in [2.45, 2.75) is 33.2 Å². The van der Waals surface area contributed by atoms with Gasteiger partial charge in [0.15, 0.2) is 0 Å². The molecular weight excluding hydrogens is 242 g/mol. The molecule has 0 bridgehead atoms. The Kier molecular flexibility index (Phi) is 4.45. The van der Waals surface area contributed by atoms with Gasteiger partial charge in [-0.1, -0.05) is 25.7 Å². The van der Waals surface area contributed by atoms with Crippen LogP contribution < -0.4 is 0 Å². The Bertz CT molecular complexity index is 453. The molecule has 1 aromatic heterocycles. The van der Waals surface area contributed by atoms with Crippen molar-refractivity contribution in [3.63, 3.8) is 0 Å². The van der Waals surface area contributed by atoms with Crippen molar-refractivity contribution >= 4 is 11.3 Å². The normalized spacial score (nSPS) is 19.3. The number of hydrogen-bond acceptors (Lipinski definition) is 3. The van der Waals surface area contributed by atoms with Crippen LogP contribution in [0.15, 0.2) is 11.4 Å². The van der Waals surface area contributed by atoms with Gasteiger partial charge in [-0.25, -0.2) is 0 Å². The molecule has 0 aliphatic carbocycles. The molecule has 0 amide bonds. The summed E-state index contributed by atoms with van der Waals surface area (Å²) in [7, 11) is 0. The molecule has 0 unspecified atom stereocenters. The molecule has 1 aliphatic heterocycles. The zero-order chi connectivity index (χ0) is 13.0. The van der Waals surface area contributed by atoms with Crippen LogP contribution in [0.4, 0.5) is 0 Å². The monoisotopic (exact) mass is 263 g/mol. The third-order valence-electron chi connectivity index (χ3n) is 3.39. The number of hydrogen-bond donors (Lipinski definition) is 1. The standard InChI is InChI=1S/C15H21NOS/c1-15(2)7-4-8-16(12-15)11-14-13(5-3-9-17)6-10-18-14/h6,10,17H,4,7-9,11-12H2,1-2H3. The van der Waals surface area contributed by atoms with Crippen LogP contribution in [0.1, 0.15) is 37.1 Å². The highest BCUT2D eigenvalue weighted by atomic mass is 32.1. The lowest BCUT2D eigenvalue weighted by atomic mass is 9.84. The Morgan fingerprint density at radius 1 is 1.50 bits per heavy atom. The summed E-state index contributed by atoms with van der Waals surface area (Å²) >= 11 is 1.77. The summed E-state index contributed by atoms with van der Waals surface area (Å²) in [6.45, 7) is 7.98. The topological polar surface area (TPSA) is 23.5 Å². The summed E-state index contributed by atoms with van der Waals surface area (Å²) in [4.78, 5) is 3.85. The Morgan fingerprint density at radius 3 is 3.06 bits per heavy atom. The molecular formula is C15H21NOS. The van der Waals surface area contributed by atoms with E-state index in [-0.39, 0.29) is 6.61 Å². The van der Waals surface area contributed by atoms with Gasteiger partial charge in [0.25, 0.3) is 0 Å². The Hall–Kier alpha value is -0.820. The number of aliphatic hydroxyl groups excluding tert-OH is 1. The lowest BCUT2D eigenvalue weighted by Gasteiger charge is -2.37. The fraction of sp³-hybridized carbons (Fsp3) is 0.600. The average Bonchev–Trinajstić information content (AvgIpc) is 2.72. The summed E-state index contributed by atoms with van der Waals surface area (Å²) in [5, 5.41) is 10.9. The Balaban J connectivity index is 2.03. The molecule has 0 saturated carbocycles. The van der Waals surface area contributed by atoms with Crippen molar-refractivity contribution in [3.8, 4) is 11.8 Å². The maximum atomic E-state index is 8.77. The minimum Gasteiger partial charge on any atom is -0.384 e. The van der Waals surface area contributed by atoms with E-state index in [1.807, 2.05) is 0 Å². The second kappa shape index (κ2) is 5.88. The Labute approximate surface area is 114 Å². The van der Waals surface area contributed by atoms with E-state index in [9.17, 15) is 0 Å². The molecule has 0 atom stereocenters. The first-order valence-electron chi connectivity index (χ1n) is 6.49. The largest absolute Gasteiger partial charge is 0.384 e. The molecule has 3 heteroatoms. The number of aliphatic hydroxyl groups is 1. The first-order chi connectivity index (χ1) is 8.61. The van der Waals surface area contributed by atoms with Gasteiger partial charge in [0, 0.05) is 23.5 Å². The van der Waals surface area contributed by atoms with Crippen LogP contribution in [-0.2, 0) is 6.54 Å². The predicted octanol–water partition coefficient (Wildman–Crippen LogP) is 2.71. The maximum Gasteiger partial charge on any atom is 0.104 e. The summed E-state index contributed by atoms with van der Waals surface area (Å²) in [6.07, 6.45) is 2.61. The zero-order valence-corrected chi connectivity index (χ0v) is 12.0. The van der Waals surface area contributed by atoms with Crippen molar-refractivity contribution in [1.82, 2.24) is 4.90 Å². The highest BCUT2D eigenvalue weighted by molar-refractivity contribution is 7.10. The highest BCUT2D eigenvalue weighted by Crippen LogP contribution is 2.30. The van der Waals surface area contributed by atoms with E-state index < -0.39 is 0 Å². The molecule has 1 aromatic rings. The molecule has 2 rings (SSSR count). The van der Waals surface area contributed by atoms with E-state index in [4.69, 9.17) is 5.11 Å². The zero-order valence-electron chi connectivity index (χ0n) is 11.2.